The van der Waals surface area contributed by atoms with E-state index in [0.29, 0.717) is 12.4 Å². The number of H-pyrrole nitrogens is 1. The molecule has 1 N–H and O–H groups in total. The summed E-state index contributed by atoms with van der Waals surface area (Å²) in [6, 6.07) is 3.96. The maximum absolute atomic E-state index is 12.4. The Morgan fingerprint density at radius 2 is 1.81 bits per heavy atom. The summed E-state index contributed by atoms with van der Waals surface area (Å²) in [7, 11) is 1.68. The molecule has 1 aromatic carbocycles. The van der Waals surface area contributed by atoms with Crippen molar-refractivity contribution < 1.29 is 9.47 Å². The topological polar surface area (TPSA) is 54.6 Å². The molecule has 26 heavy (non-hydrogen) atoms. The van der Waals surface area contributed by atoms with Gasteiger partial charge in [0.25, 0.3) is 5.56 Å². The zero-order valence-corrected chi connectivity index (χ0v) is 15.6. The molecular formula is C21H28N2O3. The van der Waals surface area contributed by atoms with Crippen LogP contribution >= 0.6 is 0 Å². The van der Waals surface area contributed by atoms with Crippen molar-refractivity contribution in [2.24, 2.45) is 0 Å². The lowest BCUT2D eigenvalue weighted by molar-refractivity contribution is 0.254. The number of benzene rings is 1. The Labute approximate surface area is 154 Å². The Balaban J connectivity index is 1.55. The Morgan fingerprint density at radius 3 is 2.58 bits per heavy atom. The summed E-state index contributed by atoms with van der Waals surface area (Å²) < 4.78 is 11.6. The first-order valence-corrected chi connectivity index (χ1v) is 9.87. The van der Waals surface area contributed by atoms with Crippen LogP contribution in [0.2, 0.25) is 0 Å². The molecule has 5 nitrogen and oxygen atoms in total. The van der Waals surface area contributed by atoms with Gasteiger partial charge in [-0.1, -0.05) is 0 Å². The minimum atomic E-state index is 0.0531. The molecule has 0 atom stereocenters. The molecule has 0 radical (unpaired) electrons. The van der Waals surface area contributed by atoms with Crippen LogP contribution in [0.4, 0.5) is 0 Å². The highest BCUT2D eigenvalue weighted by atomic mass is 16.5. The van der Waals surface area contributed by atoms with E-state index < -0.39 is 0 Å². The molecule has 1 aromatic heterocycles. The second-order valence-electron chi connectivity index (χ2n) is 7.42. The predicted octanol–water partition coefficient (Wildman–Crippen LogP) is 3.28. The number of nitrogens with one attached hydrogen (secondary N) is 1. The van der Waals surface area contributed by atoms with Crippen molar-refractivity contribution in [3.05, 3.63) is 33.6 Å². The SMILES string of the molecule is COc1cc2c3c(c(=O)[nH]c2cc1OCCCN1CCCC1)CCCC3. The molecule has 0 bridgehead atoms. The number of likely N-dealkylation sites (tertiary alicyclic amines) is 1. The Kier molecular flexibility index (Phi) is 5.16. The number of hydrogen-bond acceptors (Lipinski definition) is 4. The maximum Gasteiger partial charge on any atom is 0.251 e. The van der Waals surface area contributed by atoms with Crippen LogP contribution in [0.1, 0.15) is 43.2 Å². The van der Waals surface area contributed by atoms with Gasteiger partial charge in [0.2, 0.25) is 0 Å². The molecule has 1 aliphatic carbocycles. The third-order valence-electron chi connectivity index (χ3n) is 5.69. The van der Waals surface area contributed by atoms with Gasteiger partial charge >= 0.3 is 0 Å². The lowest BCUT2D eigenvalue weighted by Crippen LogP contribution is -2.22. The number of aromatic nitrogens is 1. The van der Waals surface area contributed by atoms with Crippen LogP contribution in [0, 0.1) is 0 Å². The Morgan fingerprint density at radius 1 is 1.04 bits per heavy atom. The van der Waals surface area contributed by atoms with E-state index in [-0.39, 0.29) is 5.56 Å². The van der Waals surface area contributed by atoms with Gasteiger partial charge in [-0.05, 0) is 69.7 Å². The summed E-state index contributed by atoms with van der Waals surface area (Å²) in [6.07, 6.45) is 7.71. The third kappa shape index (κ3) is 3.45. The average Bonchev–Trinajstić information content (AvgIpc) is 3.18. The van der Waals surface area contributed by atoms with Crippen LogP contribution in [0.15, 0.2) is 16.9 Å². The number of methoxy groups -OCH3 is 1. The van der Waals surface area contributed by atoms with Gasteiger partial charge in [-0.3, -0.25) is 4.79 Å². The van der Waals surface area contributed by atoms with Gasteiger partial charge in [0.1, 0.15) is 0 Å². The summed E-state index contributed by atoms with van der Waals surface area (Å²) in [6.45, 7) is 4.17. The second kappa shape index (κ2) is 7.70. The number of rotatable bonds is 6. The standard InChI is InChI=1S/C21H28N2O3/c1-25-19-13-17-15-7-2-3-8-16(15)21(24)22-18(17)14-20(19)26-12-6-11-23-9-4-5-10-23/h13-14H,2-12H2,1H3,(H,22,24). The van der Waals surface area contributed by atoms with E-state index in [1.165, 1.54) is 31.5 Å². The zero-order chi connectivity index (χ0) is 17.9. The molecule has 2 heterocycles. The number of aromatic amines is 1. The van der Waals surface area contributed by atoms with Crippen molar-refractivity contribution in [3.8, 4) is 11.5 Å². The molecule has 2 aliphatic rings. The smallest absolute Gasteiger partial charge is 0.251 e. The van der Waals surface area contributed by atoms with E-state index in [2.05, 4.69) is 9.88 Å². The summed E-state index contributed by atoms with van der Waals surface area (Å²) in [4.78, 5) is 18.0. The number of nitrogens with zero attached hydrogens (tertiary/aromatic N) is 1. The summed E-state index contributed by atoms with van der Waals surface area (Å²) in [5.41, 5.74) is 3.04. The molecule has 0 amide bonds. The predicted molar refractivity (Wildman–Crippen MR) is 104 cm³/mol. The molecule has 5 heteroatoms. The van der Waals surface area contributed by atoms with E-state index in [0.717, 1.165) is 60.9 Å². The van der Waals surface area contributed by atoms with Crippen molar-refractivity contribution in [2.75, 3.05) is 33.4 Å². The summed E-state index contributed by atoms with van der Waals surface area (Å²) >= 11 is 0. The fourth-order valence-electron chi connectivity index (χ4n) is 4.31. The lowest BCUT2D eigenvalue weighted by atomic mass is 9.90. The third-order valence-corrected chi connectivity index (χ3v) is 5.69. The molecule has 0 spiro atoms. The molecule has 1 fully saturated rings. The van der Waals surface area contributed by atoms with Crippen LogP contribution in [0.25, 0.3) is 10.9 Å². The van der Waals surface area contributed by atoms with Gasteiger partial charge in [0.05, 0.1) is 19.2 Å². The largest absolute Gasteiger partial charge is 0.493 e. The molecular weight excluding hydrogens is 328 g/mol. The van der Waals surface area contributed by atoms with Crippen LogP contribution < -0.4 is 15.0 Å². The van der Waals surface area contributed by atoms with Crippen molar-refractivity contribution in [1.82, 2.24) is 9.88 Å². The van der Waals surface area contributed by atoms with Crippen LogP contribution in [0.3, 0.4) is 0 Å². The average molecular weight is 356 g/mol. The first-order valence-electron chi connectivity index (χ1n) is 9.87. The van der Waals surface area contributed by atoms with E-state index in [1.807, 2.05) is 12.1 Å². The fraction of sp³-hybridized carbons (Fsp3) is 0.571. The number of aryl methyl sites for hydroxylation is 1. The van der Waals surface area contributed by atoms with Gasteiger partial charge in [0, 0.05) is 23.6 Å². The van der Waals surface area contributed by atoms with E-state index in [9.17, 15) is 4.79 Å². The van der Waals surface area contributed by atoms with Crippen molar-refractivity contribution in [2.45, 2.75) is 44.9 Å². The minimum Gasteiger partial charge on any atom is -0.493 e. The summed E-state index contributed by atoms with van der Waals surface area (Å²) in [5.74, 6) is 1.46. The quantitative estimate of drug-likeness (QED) is 0.807. The number of pyridine rings is 1. The summed E-state index contributed by atoms with van der Waals surface area (Å²) in [5, 5.41) is 1.10. The zero-order valence-electron chi connectivity index (χ0n) is 15.6. The van der Waals surface area contributed by atoms with E-state index >= 15 is 0 Å². The Bertz CT molecular complexity index is 837. The van der Waals surface area contributed by atoms with Crippen molar-refractivity contribution in [3.63, 3.8) is 0 Å². The van der Waals surface area contributed by atoms with Gasteiger partial charge < -0.3 is 19.4 Å². The molecule has 2 aromatic rings. The molecule has 4 rings (SSSR count). The highest BCUT2D eigenvalue weighted by Gasteiger charge is 2.18. The normalized spacial score (nSPS) is 17.4. The number of ether oxygens (including phenoxy) is 2. The van der Waals surface area contributed by atoms with Crippen LogP contribution in [0.5, 0.6) is 11.5 Å². The highest BCUT2D eigenvalue weighted by Crippen LogP contribution is 2.35. The number of fused-ring (bicyclic) bond motifs is 3. The molecule has 1 saturated heterocycles. The van der Waals surface area contributed by atoms with Gasteiger partial charge in [-0.25, -0.2) is 0 Å². The molecule has 1 aliphatic heterocycles. The van der Waals surface area contributed by atoms with Crippen LogP contribution in [-0.4, -0.2) is 43.2 Å². The van der Waals surface area contributed by atoms with Gasteiger partial charge in [-0.15, -0.1) is 0 Å². The van der Waals surface area contributed by atoms with Crippen molar-refractivity contribution in [1.29, 1.82) is 0 Å². The van der Waals surface area contributed by atoms with Gasteiger partial charge in [0.15, 0.2) is 11.5 Å². The molecule has 0 saturated carbocycles. The monoisotopic (exact) mass is 356 g/mol. The van der Waals surface area contributed by atoms with E-state index in [1.54, 1.807) is 7.11 Å². The number of hydrogen-bond donors (Lipinski definition) is 1. The van der Waals surface area contributed by atoms with Crippen LogP contribution in [-0.2, 0) is 12.8 Å². The molecule has 0 unspecified atom stereocenters. The van der Waals surface area contributed by atoms with Gasteiger partial charge in [-0.2, -0.15) is 0 Å². The highest BCUT2D eigenvalue weighted by molar-refractivity contribution is 5.86. The minimum absolute atomic E-state index is 0.0531. The fourth-order valence-corrected chi connectivity index (χ4v) is 4.31. The van der Waals surface area contributed by atoms with Crippen molar-refractivity contribution >= 4 is 10.9 Å². The maximum atomic E-state index is 12.4. The molecule has 140 valence electrons. The van der Waals surface area contributed by atoms with E-state index in [4.69, 9.17) is 9.47 Å². The second-order valence-corrected chi connectivity index (χ2v) is 7.42. The first-order chi connectivity index (χ1) is 12.8. The first kappa shape index (κ1) is 17.4. The Hall–Kier alpha value is -2.01. The lowest BCUT2D eigenvalue weighted by Gasteiger charge is -2.19.